The lowest BCUT2D eigenvalue weighted by atomic mass is 10.1. The van der Waals surface area contributed by atoms with Crippen molar-refractivity contribution < 1.29 is 26.7 Å². The molecule has 0 fully saturated rings. The van der Waals surface area contributed by atoms with E-state index in [4.69, 9.17) is 16.2 Å². The van der Waals surface area contributed by atoms with Crippen molar-refractivity contribution in [2.45, 2.75) is 6.92 Å². The van der Waals surface area contributed by atoms with Gasteiger partial charge in [-0.3, -0.25) is 14.1 Å². The highest BCUT2D eigenvalue weighted by Crippen LogP contribution is 2.35. The highest BCUT2D eigenvalue weighted by molar-refractivity contribution is 7.80. The van der Waals surface area contributed by atoms with Crippen LogP contribution < -0.4 is 4.90 Å². The maximum absolute atomic E-state index is 12.6. The number of hydrogen-bond acceptors (Lipinski definition) is 10. The molecule has 0 radical (unpaired) electrons. The Morgan fingerprint density at radius 2 is 1.72 bits per heavy atom. The molecule has 1 aliphatic carbocycles. The quantitative estimate of drug-likeness (QED) is 0.165. The Hall–Kier alpha value is -3.29. The zero-order valence-corrected chi connectivity index (χ0v) is 21.2. The summed E-state index contributed by atoms with van der Waals surface area (Å²) in [4.78, 5) is 31.6. The Morgan fingerprint density at radius 1 is 1.08 bits per heavy atom. The SMILES string of the molecule is CCN(CCOS(=O)(=O)O)c1ccc(N=Nc2nc(Cl)c(C=C3C(=O)c4ccccc4C3=O)s2)cc1. The van der Waals surface area contributed by atoms with Crippen molar-refractivity contribution in [3.63, 3.8) is 0 Å². The standard InChI is InChI=1S/C23H19ClN4O6S2/c1-2-28(11-12-34-36(31,32)33)15-9-7-14(8-10-15)26-27-23-25-22(24)19(35-23)13-18-20(29)16-5-3-4-6-17(16)21(18)30/h3-10,13H,2,11-12H2,1H3,(H,31,32,33). The summed E-state index contributed by atoms with van der Waals surface area (Å²) in [6.07, 6.45) is 1.43. The highest BCUT2D eigenvalue weighted by atomic mass is 35.5. The fourth-order valence-corrected chi connectivity index (χ4v) is 4.83. The average Bonchev–Trinajstić information content (AvgIpc) is 3.32. The van der Waals surface area contributed by atoms with Crippen LogP contribution in [0.5, 0.6) is 0 Å². The number of carbonyl (C=O) groups is 2. The fraction of sp³-hybridized carbons (Fsp3) is 0.174. The van der Waals surface area contributed by atoms with E-state index in [-0.39, 0.29) is 40.6 Å². The maximum Gasteiger partial charge on any atom is 0.397 e. The Labute approximate surface area is 215 Å². The van der Waals surface area contributed by atoms with Gasteiger partial charge in [-0.15, -0.1) is 10.2 Å². The molecule has 0 atom stereocenters. The lowest BCUT2D eigenvalue weighted by Crippen LogP contribution is -2.27. The van der Waals surface area contributed by atoms with Gasteiger partial charge in [-0.1, -0.05) is 47.2 Å². The summed E-state index contributed by atoms with van der Waals surface area (Å²) >= 11 is 7.31. The number of azo groups is 1. The number of nitrogens with zero attached hydrogens (tertiary/aromatic N) is 4. The zero-order chi connectivity index (χ0) is 25.9. The number of halogens is 1. The molecule has 3 aromatic rings. The summed E-state index contributed by atoms with van der Waals surface area (Å²) in [6, 6.07) is 13.6. The van der Waals surface area contributed by atoms with Crippen molar-refractivity contribution in [2.24, 2.45) is 10.2 Å². The minimum Gasteiger partial charge on any atom is -0.369 e. The predicted octanol–water partition coefficient (Wildman–Crippen LogP) is 5.32. The predicted molar refractivity (Wildman–Crippen MR) is 136 cm³/mol. The zero-order valence-electron chi connectivity index (χ0n) is 18.8. The van der Waals surface area contributed by atoms with E-state index in [0.717, 1.165) is 17.0 Å². The number of likely N-dealkylation sites (N-methyl/N-ethyl adjacent to an activating group) is 1. The molecule has 1 aliphatic rings. The summed E-state index contributed by atoms with van der Waals surface area (Å²) in [5, 5.41) is 8.62. The van der Waals surface area contributed by atoms with Gasteiger partial charge in [0, 0.05) is 29.9 Å². The van der Waals surface area contributed by atoms with Crippen LogP contribution in [0.15, 0.2) is 64.3 Å². The number of benzene rings is 2. The molecule has 13 heteroatoms. The number of fused-ring (bicyclic) bond motifs is 1. The molecule has 0 saturated heterocycles. The third-order valence-corrected chi connectivity index (χ3v) is 6.97. The van der Waals surface area contributed by atoms with Crippen molar-refractivity contribution in [2.75, 3.05) is 24.6 Å². The van der Waals surface area contributed by atoms with Crippen LogP contribution in [0.4, 0.5) is 16.5 Å². The second-order valence-electron chi connectivity index (χ2n) is 7.46. The first-order valence-electron chi connectivity index (χ1n) is 10.6. The number of hydrogen-bond donors (Lipinski definition) is 1. The molecule has 2 aromatic carbocycles. The van der Waals surface area contributed by atoms with E-state index in [1.165, 1.54) is 6.08 Å². The Kier molecular flexibility index (Phi) is 7.71. The molecule has 1 heterocycles. The normalized spacial score (nSPS) is 13.5. The first-order chi connectivity index (χ1) is 17.2. The lowest BCUT2D eigenvalue weighted by molar-refractivity contribution is 0.0990. The smallest absolute Gasteiger partial charge is 0.369 e. The molecule has 186 valence electrons. The molecule has 36 heavy (non-hydrogen) atoms. The number of rotatable bonds is 9. The largest absolute Gasteiger partial charge is 0.397 e. The van der Waals surface area contributed by atoms with Gasteiger partial charge in [-0.05, 0) is 37.3 Å². The molecule has 0 aliphatic heterocycles. The van der Waals surface area contributed by atoms with E-state index >= 15 is 0 Å². The number of ketones is 2. The van der Waals surface area contributed by atoms with Crippen LogP contribution in [0.25, 0.3) is 6.08 Å². The van der Waals surface area contributed by atoms with E-state index in [9.17, 15) is 18.0 Å². The topological polar surface area (TPSA) is 139 Å². The van der Waals surface area contributed by atoms with Crippen molar-refractivity contribution in [3.8, 4) is 0 Å². The van der Waals surface area contributed by atoms with Crippen LogP contribution in [0.2, 0.25) is 5.15 Å². The first kappa shape index (κ1) is 25.8. The average molecular weight is 547 g/mol. The number of Topliss-reactive ketones (excluding diaryl/α,β-unsaturated/α-hetero) is 2. The van der Waals surface area contributed by atoms with Gasteiger partial charge in [0.15, 0.2) is 11.6 Å². The highest BCUT2D eigenvalue weighted by Gasteiger charge is 2.33. The van der Waals surface area contributed by atoms with Gasteiger partial charge in [0.05, 0.1) is 22.7 Å². The third-order valence-electron chi connectivity index (χ3n) is 5.22. The van der Waals surface area contributed by atoms with E-state index < -0.39 is 10.4 Å². The molecule has 10 nitrogen and oxygen atoms in total. The van der Waals surface area contributed by atoms with Crippen molar-refractivity contribution in [3.05, 3.63) is 75.3 Å². The molecule has 0 unspecified atom stereocenters. The van der Waals surface area contributed by atoms with Crippen LogP contribution in [0.3, 0.4) is 0 Å². The molecule has 0 amide bonds. The van der Waals surface area contributed by atoms with Gasteiger partial charge >= 0.3 is 10.4 Å². The number of thiazole rings is 1. The van der Waals surface area contributed by atoms with Gasteiger partial charge in [-0.2, -0.15) is 8.42 Å². The van der Waals surface area contributed by atoms with E-state index in [0.29, 0.717) is 28.2 Å². The van der Waals surface area contributed by atoms with Gasteiger partial charge in [0.2, 0.25) is 5.13 Å². The first-order valence-corrected chi connectivity index (χ1v) is 13.2. The monoisotopic (exact) mass is 546 g/mol. The number of carbonyl (C=O) groups excluding carboxylic acids is 2. The van der Waals surface area contributed by atoms with Crippen LogP contribution in [-0.2, 0) is 14.6 Å². The third kappa shape index (κ3) is 5.91. The van der Waals surface area contributed by atoms with Crippen LogP contribution in [0, 0.1) is 0 Å². The van der Waals surface area contributed by atoms with Gasteiger partial charge in [0.1, 0.15) is 5.15 Å². The van der Waals surface area contributed by atoms with Gasteiger partial charge in [0.25, 0.3) is 0 Å². The van der Waals surface area contributed by atoms with Crippen LogP contribution in [0.1, 0.15) is 32.5 Å². The van der Waals surface area contributed by atoms with Crippen LogP contribution >= 0.6 is 22.9 Å². The van der Waals surface area contributed by atoms with Crippen molar-refractivity contribution in [1.29, 1.82) is 0 Å². The maximum atomic E-state index is 12.6. The molecule has 0 bridgehead atoms. The minimum absolute atomic E-state index is 0.0308. The number of aromatic nitrogens is 1. The number of allylic oxidation sites excluding steroid dienone is 1. The summed E-state index contributed by atoms with van der Waals surface area (Å²) < 4.78 is 34.5. The second-order valence-corrected chi connectivity index (χ2v) is 9.92. The Balaban J connectivity index is 1.45. The second kappa shape index (κ2) is 10.8. The minimum atomic E-state index is -4.48. The Bertz CT molecular complexity index is 1450. The molecular weight excluding hydrogens is 528 g/mol. The van der Waals surface area contributed by atoms with Crippen LogP contribution in [-0.4, -0.2) is 49.2 Å². The molecule has 1 aromatic heterocycles. The summed E-state index contributed by atoms with van der Waals surface area (Å²) in [7, 11) is -4.48. The Morgan fingerprint density at radius 3 is 2.31 bits per heavy atom. The summed E-state index contributed by atoms with van der Waals surface area (Å²) in [5.41, 5.74) is 2.10. The van der Waals surface area contributed by atoms with E-state index in [1.807, 2.05) is 11.8 Å². The van der Waals surface area contributed by atoms with Gasteiger partial charge in [-0.25, -0.2) is 9.17 Å². The molecular formula is C23H19ClN4O6S2. The number of anilines is 1. The van der Waals surface area contributed by atoms with Crippen molar-refractivity contribution in [1.82, 2.24) is 4.98 Å². The molecule has 4 rings (SSSR count). The summed E-state index contributed by atoms with van der Waals surface area (Å²) in [6.45, 7) is 2.54. The summed E-state index contributed by atoms with van der Waals surface area (Å²) in [5.74, 6) is -0.706. The van der Waals surface area contributed by atoms with Gasteiger partial charge < -0.3 is 4.90 Å². The van der Waals surface area contributed by atoms with Crippen molar-refractivity contribution >= 4 is 67.5 Å². The van der Waals surface area contributed by atoms with E-state index in [1.54, 1.807) is 48.5 Å². The lowest BCUT2D eigenvalue weighted by Gasteiger charge is -2.22. The molecule has 1 N–H and O–H groups in total. The molecule has 0 saturated carbocycles. The molecule has 0 spiro atoms. The fourth-order valence-electron chi connectivity index (χ4n) is 3.52. The van der Waals surface area contributed by atoms with E-state index in [2.05, 4.69) is 19.4 Å².